The highest BCUT2D eigenvalue weighted by molar-refractivity contribution is 9.10. The molecule has 0 bridgehead atoms. The quantitative estimate of drug-likeness (QED) is 0.481. The lowest BCUT2D eigenvalue weighted by molar-refractivity contribution is -0.150. The molecule has 2 atom stereocenters. The number of thioether (sulfide) groups is 1. The lowest BCUT2D eigenvalue weighted by Gasteiger charge is -2.31. The van der Waals surface area contributed by atoms with Crippen LogP contribution in [-0.4, -0.2) is 19.0 Å². The maximum atomic E-state index is 12.8. The van der Waals surface area contributed by atoms with E-state index in [9.17, 15) is 14.9 Å². The molecular weight excluding hydrogens is 476 g/mol. The van der Waals surface area contributed by atoms with Crippen molar-refractivity contribution in [3.63, 3.8) is 0 Å². The second kappa shape index (κ2) is 9.49. The van der Waals surface area contributed by atoms with Gasteiger partial charge >= 0.3 is 5.97 Å². The van der Waals surface area contributed by atoms with Crippen molar-refractivity contribution in [1.82, 2.24) is 5.32 Å². The Morgan fingerprint density at radius 3 is 2.72 bits per heavy atom. The van der Waals surface area contributed by atoms with E-state index in [2.05, 4.69) is 27.3 Å². The summed E-state index contributed by atoms with van der Waals surface area (Å²) in [6.45, 7) is 0. The van der Waals surface area contributed by atoms with Crippen LogP contribution in [-0.2, 0) is 20.1 Å². The fourth-order valence-corrected chi connectivity index (χ4v) is 4.90. The molecule has 148 valence electrons. The number of ether oxygens (including phenoxy) is 1. The number of hydrogen-bond donors (Lipinski definition) is 1. The zero-order valence-corrected chi connectivity index (χ0v) is 18.5. The molecule has 29 heavy (non-hydrogen) atoms. The van der Waals surface area contributed by atoms with Gasteiger partial charge in [-0.05, 0) is 29.3 Å². The molecule has 0 fully saturated rings. The molecule has 1 N–H and O–H groups in total. The second-order valence-corrected chi connectivity index (χ2v) is 8.57. The van der Waals surface area contributed by atoms with Gasteiger partial charge in [-0.3, -0.25) is 9.59 Å². The van der Waals surface area contributed by atoms with E-state index in [1.165, 1.54) is 18.9 Å². The van der Waals surface area contributed by atoms with E-state index in [4.69, 9.17) is 16.3 Å². The third-order valence-electron chi connectivity index (χ3n) is 4.52. The molecular formula is C21H16BrClN2O3S. The molecule has 2 aromatic rings. The Kier molecular flexibility index (Phi) is 7.01. The minimum absolute atomic E-state index is 0.315. The normalized spacial score (nSPS) is 18.8. The molecule has 0 saturated heterocycles. The number of halogens is 2. The van der Waals surface area contributed by atoms with Gasteiger partial charge in [-0.25, -0.2) is 0 Å². The van der Waals surface area contributed by atoms with Gasteiger partial charge < -0.3 is 10.1 Å². The molecule has 0 radical (unpaired) electrons. The summed E-state index contributed by atoms with van der Waals surface area (Å²) < 4.78 is 5.63. The Morgan fingerprint density at radius 2 is 2.07 bits per heavy atom. The summed E-state index contributed by atoms with van der Waals surface area (Å²) in [5, 5.41) is 13.7. The number of nitriles is 1. The van der Waals surface area contributed by atoms with Crippen LogP contribution in [0.15, 0.2) is 63.6 Å². The summed E-state index contributed by atoms with van der Waals surface area (Å²) in [5.41, 5.74) is 1.87. The number of rotatable bonds is 5. The molecule has 8 heteroatoms. The van der Waals surface area contributed by atoms with Crippen molar-refractivity contribution in [3.8, 4) is 6.07 Å². The summed E-state index contributed by atoms with van der Waals surface area (Å²) >= 11 is 10.9. The standard InChI is InChI=1S/C21H16BrClN2O3S/c1-28-21(27)18-17(12-6-4-7-14(22)9-12)15(10-24)20(25-19(18)26)29-11-13-5-2-3-8-16(13)23/h2-9,17-18H,11H2,1H3,(H,25,26)/t17-,18+/m1/s1. The predicted molar refractivity (Wildman–Crippen MR) is 116 cm³/mol. The van der Waals surface area contributed by atoms with Crippen molar-refractivity contribution < 1.29 is 14.3 Å². The van der Waals surface area contributed by atoms with E-state index in [1.807, 2.05) is 24.3 Å². The van der Waals surface area contributed by atoms with Crippen LogP contribution in [0.5, 0.6) is 0 Å². The summed E-state index contributed by atoms with van der Waals surface area (Å²) in [4.78, 5) is 25.2. The van der Waals surface area contributed by atoms with Crippen LogP contribution in [0, 0.1) is 17.2 Å². The summed E-state index contributed by atoms with van der Waals surface area (Å²) in [7, 11) is 1.23. The first kappa shape index (κ1) is 21.4. The van der Waals surface area contributed by atoms with Gasteiger partial charge in [0.2, 0.25) is 5.91 Å². The number of nitrogens with zero attached hydrogens (tertiary/aromatic N) is 1. The third-order valence-corrected chi connectivity index (χ3v) is 6.45. The van der Waals surface area contributed by atoms with E-state index in [-0.39, 0.29) is 0 Å². The number of amides is 1. The molecule has 1 aliphatic heterocycles. The zero-order chi connectivity index (χ0) is 21.0. The van der Waals surface area contributed by atoms with Crippen molar-refractivity contribution in [2.45, 2.75) is 11.7 Å². The average molecular weight is 492 g/mol. The summed E-state index contributed by atoms with van der Waals surface area (Å²) in [6.07, 6.45) is 0. The van der Waals surface area contributed by atoms with Crippen molar-refractivity contribution in [1.29, 1.82) is 5.26 Å². The molecule has 5 nitrogen and oxygen atoms in total. The topological polar surface area (TPSA) is 79.2 Å². The number of methoxy groups -OCH3 is 1. The lowest BCUT2D eigenvalue weighted by Crippen LogP contribution is -2.44. The van der Waals surface area contributed by atoms with E-state index in [1.54, 1.807) is 24.3 Å². The van der Waals surface area contributed by atoms with Gasteiger partial charge in [-0.1, -0.05) is 57.9 Å². The summed E-state index contributed by atoms with van der Waals surface area (Å²) in [5.74, 6) is -2.60. The molecule has 3 rings (SSSR count). The van der Waals surface area contributed by atoms with Gasteiger partial charge in [-0.2, -0.15) is 5.26 Å². The number of allylic oxidation sites excluding steroid dienone is 1. The van der Waals surface area contributed by atoms with Crippen molar-refractivity contribution >= 4 is 51.2 Å². The smallest absolute Gasteiger partial charge is 0.319 e. The van der Waals surface area contributed by atoms with Crippen LogP contribution >= 0.6 is 39.3 Å². The molecule has 0 aliphatic carbocycles. The molecule has 0 unspecified atom stereocenters. The number of carbonyl (C=O) groups is 2. The lowest BCUT2D eigenvalue weighted by atomic mass is 9.78. The van der Waals surface area contributed by atoms with Crippen LogP contribution in [0.4, 0.5) is 0 Å². The highest BCUT2D eigenvalue weighted by Crippen LogP contribution is 2.41. The highest BCUT2D eigenvalue weighted by Gasteiger charge is 2.44. The number of carbonyl (C=O) groups excluding carboxylic acids is 2. The van der Waals surface area contributed by atoms with Crippen LogP contribution < -0.4 is 5.32 Å². The Bertz CT molecular complexity index is 1030. The Labute approximate surface area is 186 Å². The van der Waals surface area contributed by atoms with Gasteiger partial charge in [-0.15, -0.1) is 11.8 Å². The van der Waals surface area contributed by atoms with Gasteiger partial charge in [0.25, 0.3) is 0 Å². The van der Waals surface area contributed by atoms with Crippen LogP contribution in [0.25, 0.3) is 0 Å². The average Bonchev–Trinajstić information content (AvgIpc) is 2.72. The highest BCUT2D eigenvalue weighted by atomic mass is 79.9. The minimum Gasteiger partial charge on any atom is -0.468 e. The van der Waals surface area contributed by atoms with Gasteiger partial charge in [0.15, 0.2) is 0 Å². The zero-order valence-electron chi connectivity index (χ0n) is 15.3. The first-order chi connectivity index (χ1) is 14.0. The molecule has 1 heterocycles. The number of nitrogens with one attached hydrogen (secondary N) is 1. The largest absolute Gasteiger partial charge is 0.468 e. The van der Waals surface area contributed by atoms with E-state index in [0.717, 1.165) is 10.0 Å². The monoisotopic (exact) mass is 490 g/mol. The van der Waals surface area contributed by atoms with Crippen LogP contribution in [0.3, 0.4) is 0 Å². The predicted octanol–water partition coefficient (Wildman–Crippen LogP) is 4.77. The Morgan fingerprint density at radius 1 is 1.31 bits per heavy atom. The maximum Gasteiger partial charge on any atom is 0.319 e. The van der Waals surface area contributed by atoms with Gasteiger partial charge in [0.05, 0.1) is 23.8 Å². The van der Waals surface area contributed by atoms with Crippen LogP contribution in [0.2, 0.25) is 5.02 Å². The van der Waals surface area contributed by atoms with E-state index >= 15 is 0 Å². The molecule has 0 spiro atoms. The van der Waals surface area contributed by atoms with Crippen molar-refractivity contribution in [3.05, 3.63) is 79.8 Å². The SMILES string of the molecule is COC(=O)[C@@H]1C(=O)NC(SCc2ccccc2Cl)=C(C#N)[C@H]1c1cccc(Br)c1. The van der Waals surface area contributed by atoms with E-state index in [0.29, 0.717) is 26.9 Å². The number of hydrogen-bond acceptors (Lipinski definition) is 5. The Hall–Kier alpha value is -2.27. The maximum absolute atomic E-state index is 12.8. The number of esters is 1. The van der Waals surface area contributed by atoms with Crippen LogP contribution in [0.1, 0.15) is 17.0 Å². The molecule has 2 aromatic carbocycles. The summed E-state index contributed by atoms with van der Waals surface area (Å²) in [6, 6.07) is 16.8. The number of benzene rings is 2. The molecule has 0 aromatic heterocycles. The van der Waals surface area contributed by atoms with Crippen molar-refractivity contribution in [2.24, 2.45) is 5.92 Å². The first-order valence-corrected chi connectivity index (χ1v) is 10.8. The molecule has 1 aliphatic rings. The fourth-order valence-electron chi connectivity index (χ4n) is 3.15. The van der Waals surface area contributed by atoms with Gasteiger partial charge in [0, 0.05) is 21.2 Å². The molecule has 0 saturated carbocycles. The van der Waals surface area contributed by atoms with Gasteiger partial charge in [0.1, 0.15) is 5.92 Å². The Balaban J connectivity index is 2.04. The van der Waals surface area contributed by atoms with Crippen molar-refractivity contribution in [2.75, 3.05) is 7.11 Å². The first-order valence-electron chi connectivity index (χ1n) is 8.61. The second-order valence-electron chi connectivity index (χ2n) is 6.26. The third kappa shape index (κ3) is 4.67. The minimum atomic E-state index is -1.14. The van der Waals surface area contributed by atoms with E-state index < -0.39 is 23.7 Å². The molecule has 1 amide bonds. The fraction of sp³-hybridized carbons (Fsp3) is 0.190.